The summed E-state index contributed by atoms with van der Waals surface area (Å²) >= 11 is 0. The first-order valence-corrected chi connectivity index (χ1v) is 10.9. The summed E-state index contributed by atoms with van der Waals surface area (Å²) in [4.78, 5) is 4.39. The third-order valence-corrected chi connectivity index (χ3v) is 7.16. The molecule has 0 spiro atoms. The van der Waals surface area contributed by atoms with Gasteiger partial charge in [0, 0.05) is 54.7 Å². The van der Waals surface area contributed by atoms with Gasteiger partial charge in [0.15, 0.2) is 5.96 Å². The molecule has 0 aromatic heterocycles. The first-order valence-electron chi connectivity index (χ1n) is 9.54. The van der Waals surface area contributed by atoms with E-state index in [0.29, 0.717) is 16.7 Å². The first kappa shape index (κ1) is 19.7. The molecule has 0 radical (unpaired) electrons. The SMILES string of the molecule is CCOCCC1(CNC(=NC)NC2CCCC(S(=O)CC)C2)CC1. The van der Waals surface area contributed by atoms with Crippen LogP contribution in [0, 0.1) is 5.41 Å². The molecule has 0 bridgehead atoms. The summed E-state index contributed by atoms with van der Waals surface area (Å²) in [7, 11) is 1.16. The van der Waals surface area contributed by atoms with Crippen molar-refractivity contribution in [3.05, 3.63) is 0 Å². The number of aliphatic imine (C=N–C) groups is 1. The summed E-state index contributed by atoms with van der Waals surface area (Å²) in [5.41, 5.74) is 0.408. The number of hydrogen-bond acceptors (Lipinski definition) is 3. The third-order valence-electron chi connectivity index (χ3n) is 5.42. The van der Waals surface area contributed by atoms with Crippen molar-refractivity contribution in [2.24, 2.45) is 10.4 Å². The van der Waals surface area contributed by atoms with Crippen molar-refractivity contribution >= 4 is 16.8 Å². The number of hydrogen-bond donors (Lipinski definition) is 2. The number of nitrogens with one attached hydrogen (secondary N) is 2. The van der Waals surface area contributed by atoms with Crippen molar-refractivity contribution in [1.29, 1.82) is 0 Å². The molecule has 0 aliphatic heterocycles. The van der Waals surface area contributed by atoms with Crippen molar-refractivity contribution in [3.8, 4) is 0 Å². The summed E-state index contributed by atoms with van der Waals surface area (Å²) in [6.45, 7) is 6.69. The molecule has 0 aromatic carbocycles. The van der Waals surface area contributed by atoms with E-state index in [1.165, 1.54) is 12.8 Å². The van der Waals surface area contributed by atoms with Gasteiger partial charge in [-0.25, -0.2) is 0 Å². The monoisotopic (exact) mass is 357 g/mol. The van der Waals surface area contributed by atoms with Gasteiger partial charge >= 0.3 is 0 Å². The second-order valence-corrected chi connectivity index (χ2v) is 9.18. The molecular formula is C18H35N3O2S. The molecule has 0 heterocycles. The average Bonchev–Trinajstić information content (AvgIpc) is 3.38. The highest BCUT2D eigenvalue weighted by Crippen LogP contribution is 2.48. The zero-order chi connectivity index (χ0) is 17.4. The standard InChI is InChI=1S/C18H35N3O2S/c1-4-23-12-11-18(9-10-18)14-20-17(19-3)21-15-7-6-8-16(13-15)24(22)5-2/h15-16H,4-14H2,1-3H3,(H2,19,20,21). The third kappa shape index (κ3) is 6.03. The maximum atomic E-state index is 12.1. The summed E-state index contributed by atoms with van der Waals surface area (Å²) in [5.74, 6) is 1.66. The molecule has 0 aromatic rings. The van der Waals surface area contributed by atoms with E-state index in [9.17, 15) is 4.21 Å². The Morgan fingerprint density at radius 2 is 2.12 bits per heavy atom. The first-order chi connectivity index (χ1) is 11.6. The minimum Gasteiger partial charge on any atom is -0.382 e. The number of nitrogens with zero attached hydrogens (tertiary/aromatic N) is 1. The number of ether oxygens (including phenoxy) is 1. The second kappa shape index (κ2) is 9.76. The predicted octanol–water partition coefficient (Wildman–Crippen LogP) is 2.44. The van der Waals surface area contributed by atoms with E-state index in [4.69, 9.17) is 4.74 Å². The fourth-order valence-electron chi connectivity index (χ4n) is 3.53. The molecule has 0 saturated heterocycles. The maximum Gasteiger partial charge on any atom is 0.191 e. The van der Waals surface area contributed by atoms with Crippen LogP contribution >= 0.6 is 0 Å². The fraction of sp³-hybridized carbons (Fsp3) is 0.944. The van der Waals surface area contributed by atoms with E-state index >= 15 is 0 Å². The van der Waals surface area contributed by atoms with Gasteiger partial charge in [-0.3, -0.25) is 9.20 Å². The van der Waals surface area contributed by atoms with E-state index in [1.807, 2.05) is 20.9 Å². The lowest BCUT2D eigenvalue weighted by Crippen LogP contribution is -2.47. The fourth-order valence-corrected chi connectivity index (χ4v) is 4.88. The molecule has 3 unspecified atom stereocenters. The Balaban J connectivity index is 1.75. The molecule has 0 amide bonds. The molecule has 140 valence electrons. The minimum absolute atomic E-state index is 0.348. The largest absolute Gasteiger partial charge is 0.382 e. The van der Waals surface area contributed by atoms with E-state index in [-0.39, 0.29) is 0 Å². The second-order valence-electron chi connectivity index (χ2n) is 7.17. The maximum absolute atomic E-state index is 12.1. The van der Waals surface area contributed by atoms with E-state index < -0.39 is 10.8 Å². The number of rotatable bonds is 9. The lowest BCUT2D eigenvalue weighted by atomic mass is 9.95. The van der Waals surface area contributed by atoms with Gasteiger partial charge in [0.05, 0.1) is 0 Å². The zero-order valence-corrected chi connectivity index (χ0v) is 16.4. The van der Waals surface area contributed by atoms with Gasteiger partial charge in [0.1, 0.15) is 0 Å². The Hall–Kier alpha value is -0.620. The molecule has 3 atom stereocenters. The molecule has 6 heteroatoms. The highest BCUT2D eigenvalue weighted by molar-refractivity contribution is 7.85. The summed E-state index contributed by atoms with van der Waals surface area (Å²) < 4.78 is 17.6. The Labute approximate surface area is 149 Å². The van der Waals surface area contributed by atoms with Crippen LogP contribution in [0.5, 0.6) is 0 Å². The van der Waals surface area contributed by atoms with Gasteiger partial charge in [-0.2, -0.15) is 0 Å². The van der Waals surface area contributed by atoms with Crippen LogP contribution < -0.4 is 10.6 Å². The van der Waals surface area contributed by atoms with E-state index in [1.54, 1.807) is 0 Å². The molecule has 2 N–H and O–H groups in total. The summed E-state index contributed by atoms with van der Waals surface area (Å²) in [6, 6.07) is 0.393. The van der Waals surface area contributed by atoms with Crippen LogP contribution in [0.4, 0.5) is 0 Å². The summed E-state index contributed by atoms with van der Waals surface area (Å²) in [6.07, 6.45) is 8.10. The van der Waals surface area contributed by atoms with E-state index in [2.05, 4.69) is 15.6 Å². The van der Waals surface area contributed by atoms with Crippen molar-refractivity contribution in [2.75, 3.05) is 32.6 Å². The van der Waals surface area contributed by atoms with Crippen LogP contribution in [0.15, 0.2) is 4.99 Å². The predicted molar refractivity (Wildman–Crippen MR) is 102 cm³/mol. The van der Waals surface area contributed by atoms with Crippen LogP contribution in [-0.4, -0.2) is 54.0 Å². The molecule has 2 saturated carbocycles. The molecule has 2 fully saturated rings. The van der Waals surface area contributed by atoms with Crippen molar-refractivity contribution in [2.45, 2.75) is 70.1 Å². The van der Waals surface area contributed by atoms with Crippen LogP contribution in [0.2, 0.25) is 0 Å². The van der Waals surface area contributed by atoms with Gasteiger partial charge in [-0.05, 0) is 50.9 Å². The van der Waals surface area contributed by atoms with Crippen LogP contribution in [-0.2, 0) is 15.5 Å². The van der Waals surface area contributed by atoms with Crippen molar-refractivity contribution < 1.29 is 8.95 Å². The Morgan fingerprint density at radius 1 is 1.33 bits per heavy atom. The molecule has 2 rings (SSSR count). The zero-order valence-electron chi connectivity index (χ0n) is 15.6. The van der Waals surface area contributed by atoms with Gasteiger partial charge in [0.25, 0.3) is 0 Å². The number of guanidine groups is 1. The smallest absolute Gasteiger partial charge is 0.191 e. The lowest BCUT2D eigenvalue weighted by Gasteiger charge is -2.30. The van der Waals surface area contributed by atoms with Crippen LogP contribution in [0.25, 0.3) is 0 Å². The molecule has 5 nitrogen and oxygen atoms in total. The quantitative estimate of drug-likeness (QED) is 0.378. The van der Waals surface area contributed by atoms with Gasteiger partial charge in [0.2, 0.25) is 0 Å². The molecule has 2 aliphatic rings. The Morgan fingerprint density at radius 3 is 2.75 bits per heavy atom. The normalized spacial score (nSPS) is 27.5. The Kier molecular flexibility index (Phi) is 8.01. The van der Waals surface area contributed by atoms with Gasteiger partial charge in [-0.1, -0.05) is 13.3 Å². The topological polar surface area (TPSA) is 62.7 Å². The molecular weight excluding hydrogens is 322 g/mol. The lowest BCUT2D eigenvalue weighted by molar-refractivity contribution is 0.128. The van der Waals surface area contributed by atoms with Crippen molar-refractivity contribution in [1.82, 2.24) is 10.6 Å². The highest BCUT2D eigenvalue weighted by atomic mass is 32.2. The van der Waals surface area contributed by atoms with Crippen LogP contribution in [0.3, 0.4) is 0 Å². The van der Waals surface area contributed by atoms with Gasteiger partial charge < -0.3 is 15.4 Å². The Bertz CT molecular complexity index is 438. The molecule has 2 aliphatic carbocycles. The summed E-state index contributed by atoms with van der Waals surface area (Å²) in [5, 5.41) is 7.41. The van der Waals surface area contributed by atoms with Crippen molar-refractivity contribution in [3.63, 3.8) is 0 Å². The highest BCUT2D eigenvalue weighted by Gasteiger charge is 2.42. The van der Waals surface area contributed by atoms with Crippen LogP contribution in [0.1, 0.15) is 58.8 Å². The average molecular weight is 358 g/mol. The van der Waals surface area contributed by atoms with E-state index in [0.717, 1.165) is 63.6 Å². The molecule has 24 heavy (non-hydrogen) atoms. The minimum atomic E-state index is -0.678. The van der Waals surface area contributed by atoms with Gasteiger partial charge in [-0.15, -0.1) is 0 Å².